The van der Waals surface area contributed by atoms with E-state index in [4.69, 9.17) is 19.2 Å². The molecule has 3 aliphatic heterocycles. The lowest BCUT2D eigenvalue weighted by Gasteiger charge is -2.28. The number of anilines is 1. The first kappa shape index (κ1) is 26.9. The Morgan fingerprint density at radius 1 is 1.26 bits per heavy atom. The van der Waals surface area contributed by atoms with Crippen LogP contribution in [0.4, 0.5) is 5.82 Å². The van der Waals surface area contributed by atoms with Crippen molar-refractivity contribution < 1.29 is 24.1 Å². The number of nitrogens with one attached hydrogen (secondary N) is 1. The highest BCUT2D eigenvalue weighted by Gasteiger charge is 2.36. The zero-order chi connectivity index (χ0) is 26.5. The lowest BCUT2D eigenvalue weighted by atomic mass is 9.92. The van der Waals surface area contributed by atoms with Gasteiger partial charge in [0.05, 0.1) is 19.3 Å². The van der Waals surface area contributed by atoms with Gasteiger partial charge in [-0.3, -0.25) is 9.69 Å². The summed E-state index contributed by atoms with van der Waals surface area (Å²) in [6.07, 6.45) is 7.77. The lowest BCUT2D eigenvalue weighted by Crippen LogP contribution is -2.34. The summed E-state index contributed by atoms with van der Waals surface area (Å²) < 4.78 is 17.8. The molecule has 2 aromatic rings. The van der Waals surface area contributed by atoms with Gasteiger partial charge in [-0.15, -0.1) is 0 Å². The quantitative estimate of drug-likeness (QED) is 0.404. The average molecular weight is 524 g/mol. The molecule has 0 bridgehead atoms. The van der Waals surface area contributed by atoms with Crippen LogP contribution in [0.5, 0.6) is 5.75 Å². The maximum absolute atomic E-state index is 12.5. The van der Waals surface area contributed by atoms with Crippen LogP contribution in [0, 0.1) is 6.92 Å². The van der Waals surface area contributed by atoms with Gasteiger partial charge in [-0.25, -0.2) is 4.98 Å². The molecule has 2 fully saturated rings. The monoisotopic (exact) mass is 523 g/mol. The van der Waals surface area contributed by atoms with Crippen molar-refractivity contribution in [2.45, 2.75) is 76.5 Å². The van der Waals surface area contributed by atoms with Gasteiger partial charge in [0.25, 0.3) is 0 Å². The minimum Gasteiger partial charge on any atom is -0.496 e. The third-order valence-corrected chi connectivity index (χ3v) is 8.02. The lowest BCUT2D eigenvalue weighted by molar-refractivity contribution is -0.143. The van der Waals surface area contributed by atoms with Gasteiger partial charge in [0.1, 0.15) is 17.6 Å². The first-order valence-electron chi connectivity index (χ1n) is 14.1. The summed E-state index contributed by atoms with van der Waals surface area (Å²) in [5.41, 5.74) is 5.19. The minimum atomic E-state index is -0.807. The van der Waals surface area contributed by atoms with E-state index in [-0.39, 0.29) is 12.2 Å². The number of carboxylic acid groups (broad SMARTS) is 1. The van der Waals surface area contributed by atoms with Crippen LogP contribution in [0.15, 0.2) is 24.3 Å². The van der Waals surface area contributed by atoms with Gasteiger partial charge in [0, 0.05) is 50.2 Å². The fraction of sp³-hybridized carbons (Fsp3) is 0.600. The number of nitrogens with zero attached hydrogens (tertiary/aromatic N) is 2. The van der Waals surface area contributed by atoms with Crippen LogP contribution >= 0.6 is 0 Å². The Labute approximate surface area is 225 Å². The number of pyridine rings is 1. The average Bonchev–Trinajstić information content (AvgIpc) is 3.61. The maximum Gasteiger partial charge on any atom is 0.325 e. The molecule has 8 nitrogen and oxygen atoms in total. The number of hydrogen-bond donors (Lipinski definition) is 2. The van der Waals surface area contributed by atoms with Crippen molar-refractivity contribution in [2.75, 3.05) is 45.3 Å². The Kier molecular flexibility index (Phi) is 8.82. The number of fused-ring (bicyclic) bond motifs is 1. The molecule has 2 saturated heterocycles. The summed E-state index contributed by atoms with van der Waals surface area (Å²) in [4.78, 5) is 19.4. The summed E-state index contributed by atoms with van der Waals surface area (Å²) >= 11 is 0. The van der Waals surface area contributed by atoms with Crippen molar-refractivity contribution in [1.29, 1.82) is 0 Å². The largest absolute Gasteiger partial charge is 0.496 e. The van der Waals surface area contributed by atoms with Gasteiger partial charge in [0.15, 0.2) is 0 Å². The van der Waals surface area contributed by atoms with Gasteiger partial charge in [-0.1, -0.05) is 23.8 Å². The first-order valence-corrected chi connectivity index (χ1v) is 14.1. The van der Waals surface area contributed by atoms with E-state index >= 15 is 0 Å². The first-order chi connectivity index (χ1) is 18.5. The number of carbonyl (C=O) groups is 1. The number of hydrogen-bond acceptors (Lipinski definition) is 7. The summed E-state index contributed by atoms with van der Waals surface area (Å²) in [5.74, 6) is 1.10. The normalized spacial score (nSPS) is 22.2. The Morgan fingerprint density at radius 3 is 2.95 bits per heavy atom. The van der Waals surface area contributed by atoms with E-state index in [2.05, 4.69) is 28.4 Å². The summed E-state index contributed by atoms with van der Waals surface area (Å²) in [6.45, 7) is 5.73. The van der Waals surface area contributed by atoms with E-state index in [0.717, 1.165) is 98.5 Å². The molecular weight excluding hydrogens is 482 g/mol. The number of carboxylic acids is 1. The fourth-order valence-electron chi connectivity index (χ4n) is 6.08. The van der Waals surface area contributed by atoms with Gasteiger partial charge < -0.3 is 24.6 Å². The van der Waals surface area contributed by atoms with Crippen LogP contribution in [-0.4, -0.2) is 67.0 Å². The molecule has 4 heterocycles. The fourth-order valence-corrected chi connectivity index (χ4v) is 6.08. The van der Waals surface area contributed by atoms with Crippen molar-refractivity contribution in [2.24, 2.45) is 0 Å². The predicted molar refractivity (Wildman–Crippen MR) is 146 cm³/mol. The van der Waals surface area contributed by atoms with E-state index in [1.807, 2.05) is 13.0 Å². The van der Waals surface area contributed by atoms with Crippen molar-refractivity contribution >= 4 is 11.8 Å². The molecule has 1 aromatic heterocycles. The zero-order valence-corrected chi connectivity index (χ0v) is 22.7. The third-order valence-electron chi connectivity index (χ3n) is 8.02. The van der Waals surface area contributed by atoms with Crippen LogP contribution in [0.3, 0.4) is 0 Å². The van der Waals surface area contributed by atoms with Crippen molar-refractivity contribution in [1.82, 2.24) is 9.88 Å². The maximum atomic E-state index is 12.5. The molecule has 0 unspecified atom stereocenters. The number of benzene rings is 1. The van der Waals surface area contributed by atoms with Crippen molar-refractivity contribution in [3.05, 3.63) is 52.2 Å². The highest BCUT2D eigenvalue weighted by molar-refractivity contribution is 5.76. The van der Waals surface area contributed by atoms with Crippen LogP contribution in [-0.2, 0) is 27.1 Å². The molecule has 0 amide bonds. The second-order valence-corrected chi connectivity index (χ2v) is 10.8. The van der Waals surface area contributed by atoms with Crippen LogP contribution in [0.2, 0.25) is 0 Å². The highest BCUT2D eigenvalue weighted by Crippen LogP contribution is 2.37. The van der Waals surface area contributed by atoms with E-state index in [1.165, 1.54) is 5.56 Å². The Morgan fingerprint density at radius 2 is 2.16 bits per heavy atom. The Balaban J connectivity index is 1.13. The molecular formula is C30H41N3O5. The van der Waals surface area contributed by atoms with Crippen molar-refractivity contribution in [3.8, 4) is 5.75 Å². The van der Waals surface area contributed by atoms with Crippen molar-refractivity contribution in [3.63, 3.8) is 0 Å². The van der Waals surface area contributed by atoms with E-state index in [9.17, 15) is 9.90 Å². The second kappa shape index (κ2) is 12.5. The minimum absolute atomic E-state index is 0.0116. The zero-order valence-electron chi connectivity index (χ0n) is 22.7. The van der Waals surface area contributed by atoms with Gasteiger partial charge in [0.2, 0.25) is 0 Å². The topological polar surface area (TPSA) is 93.2 Å². The summed E-state index contributed by atoms with van der Waals surface area (Å²) in [7, 11) is 1.73. The second-order valence-electron chi connectivity index (χ2n) is 10.8. The van der Waals surface area contributed by atoms with Gasteiger partial charge in [-0.05, 0) is 69.4 Å². The molecule has 8 heteroatoms. The number of aromatic nitrogens is 1. The van der Waals surface area contributed by atoms with Crippen LogP contribution in [0.1, 0.15) is 78.6 Å². The molecule has 0 spiro atoms. The van der Waals surface area contributed by atoms with E-state index in [1.54, 1.807) is 7.11 Å². The molecule has 0 aliphatic carbocycles. The van der Waals surface area contributed by atoms with Crippen LogP contribution < -0.4 is 10.1 Å². The standard InChI is InChI=1S/C30H41N3O5/c1-20-10-11-23(26-9-6-16-38-26)25(17-20)28(30(34)35)33-14-12-22(19-33)37-15-4-3-7-21-18-27(36-2)24-8-5-13-31-29(24)32-21/h10-11,17-18,22,26,28H,3-9,12-16,19H2,1-2H3,(H,31,32)(H,34,35)/t22-,26+,28+/m1/s1. The molecule has 2 N–H and O–H groups in total. The third kappa shape index (κ3) is 6.14. The number of likely N-dealkylation sites (tertiary alicyclic amines) is 1. The number of ether oxygens (including phenoxy) is 3. The molecule has 5 rings (SSSR count). The molecule has 3 aliphatic rings. The molecule has 0 radical (unpaired) electrons. The van der Waals surface area contributed by atoms with Gasteiger partial charge in [-0.2, -0.15) is 0 Å². The smallest absolute Gasteiger partial charge is 0.325 e. The van der Waals surface area contributed by atoms with E-state index < -0.39 is 12.0 Å². The number of aliphatic carboxylic acids is 1. The number of rotatable bonds is 11. The molecule has 3 atom stereocenters. The van der Waals surface area contributed by atoms with Gasteiger partial charge >= 0.3 is 5.97 Å². The summed E-state index contributed by atoms with van der Waals surface area (Å²) in [5, 5.41) is 13.7. The van der Waals surface area contributed by atoms with Crippen LogP contribution in [0.25, 0.3) is 0 Å². The molecule has 38 heavy (non-hydrogen) atoms. The predicted octanol–water partition coefficient (Wildman–Crippen LogP) is 4.85. The number of aryl methyl sites for hydroxylation is 2. The van der Waals surface area contributed by atoms with E-state index in [0.29, 0.717) is 19.7 Å². The number of unbranched alkanes of at least 4 members (excludes halogenated alkanes) is 1. The summed E-state index contributed by atoms with van der Waals surface area (Å²) in [6, 6.07) is 7.54. The number of methoxy groups -OCH3 is 1. The SMILES string of the molecule is COc1cc(CCCCO[C@@H]2CCN([C@H](C(=O)O)c3cc(C)ccc3[C@@H]3CCCO3)C2)nc2c1CCCN2. The Bertz CT molecular complexity index is 1100. The highest BCUT2D eigenvalue weighted by atomic mass is 16.5. The molecule has 0 saturated carbocycles. The molecule has 1 aromatic carbocycles. The Hall–Kier alpha value is -2.68. The molecule has 206 valence electrons.